The summed E-state index contributed by atoms with van der Waals surface area (Å²) in [6.45, 7) is 6.21. The lowest BCUT2D eigenvalue weighted by Crippen LogP contribution is -2.14. The van der Waals surface area contributed by atoms with Crippen molar-refractivity contribution in [2.75, 3.05) is 20.3 Å². The number of carbonyl (C=O) groups is 2. The van der Waals surface area contributed by atoms with Gasteiger partial charge in [-0.1, -0.05) is 12.7 Å². The van der Waals surface area contributed by atoms with Crippen molar-refractivity contribution in [1.82, 2.24) is 4.57 Å². The second kappa shape index (κ2) is 9.01. The molecule has 1 aliphatic rings. The fraction of sp³-hybridized carbons (Fsp3) is 0.200. The van der Waals surface area contributed by atoms with Gasteiger partial charge in [0.05, 0.1) is 12.7 Å². The lowest BCUT2D eigenvalue weighted by molar-refractivity contribution is -0.144. The van der Waals surface area contributed by atoms with Gasteiger partial charge in [-0.15, -0.1) is 0 Å². The molecule has 4 rings (SSSR count). The van der Waals surface area contributed by atoms with E-state index >= 15 is 0 Å². The van der Waals surface area contributed by atoms with Gasteiger partial charge in [-0.25, -0.2) is 4.79 Å². The summed E-state index contributed by atoms with van der Waals surface area (Å²) < 4.78 is 23.6. The fourth-order valence-electron chi connectivity index (χ4n) is 3.54. The molecule has 0 atom stereocenters. The van der Waals surface area contributed by atoms with Crippen LogP contribution in [0.2, 0.25) is 0 Å². The van der Waals surface area contributed by atoms with Crippen LogP contribution in [0.5, 0.6) is 17.2 Å². The van der Waals surface area contributed by atoms with E-state index in [-0.39, 0.29) is 24.8 Å². The van der Waals surface area contributed by atoms with Crippen molar-refractivity contribution in [2.45, 2.75) is 13.5 Å². The number of esters is 1. The number of fused-ring (bicyclic) bond motifs is 2. The number of ketones is 1. The molecule has 0 aliphatic carbocycles. The van der Waals surface area contributed by atoms with Gasteiger partial charge in [0.2, 0.25) is 5.78 Å². The minimum Gasteiger partial charge on any atom is -0.497 e. The third-order valence-corrected chi connectivity index (χ3v) is 5.11. The van der Waals surface area contributed by atoms with Crippen LogP contribution in [-0.2, 0) is 16.1 Å². The summed E-state index contributed by atoms with van der Waals surface area (Å²) in [4.78, 5) is 24.5. The average Bonchev–Trinajstić information content (AvgIpc) is 3.32. The first-order valence-corrected chi connectivity index (χ1v) is 10.2. The number of Topliss-reactive ketones (excluding diaryl/α,β-unsaturated/α-hetero) is 1. The monoisotopic (exact) mass is 433 g/mol. The summed E-state index contributed by atoms with van der Waals surface area (Å²) in [7, 11) is 1.62. The quantitative estimate of drug-likeness (QED) is 0.298. The maximum Gasteiger partial charge on any atom is 0.344 e. The summed E-state index contributed by atoms with van der Waals surface area (Å²) in [6, 6.07) is 10.7. The lowest BCUT2D eigenvalue weighted by Gasteiger charge is -2.06. The van der Waals surface area contributed by atoms with E-state index in [0.717, 1.165) is 28.8 Å². The molecule has 0 N–H and O–H groups in total. The van der Waals surface area contributed by atoms with Gasteiger partial charge < -0.3 is 23.5 Å². The van der Waals surface area contributed by atoms with Crippen LogP contribution in [0.3, 0.4) is 0 Å². The molecule has 0 saturated heterocycles. The number of aromatic nitrogens is 1. The number of ether oxygens (including phenoxy) is 4. The van der Waals surface area contributed by atoms with Crippen molar-refractivity contribution in [3.05, 3.63) is 72.1 Å². The van der Waals surface area contributed by atoms with Crippen molar-refractivity contribution in [2.24, 2.45) is 0 Å². The zero-order valence-corrected chi connectivity index (χ0v) is 17.9. The number of allylic oxidation sites excluding steroid dienone is 1. The van der Waals surface area contributed by atoms with E-state index in [0.29, 0.717) is 17.1 Å². The Morgan fingerprint density at radius 1 is 1.19 bits per heavy atom. The molecule has 0 bridgehead atoms. The van der Waals surface area contributed by atoms with E-state index in [1.165, 1.54) is 6.08 Å². The highest BCUT2D eigenvalue weighted by Crippen LogP contribution is 2.36. The molecular formula is C25H23NO6. The normalized spacial score (nSPS) is 13.7. The molecule has 0 amide bonds. The van der Waals surface area contributed by atoms with E-state index in [1.54, 1.807) is 31.4 Å². The third kappa shape index (κ3) is 4.09. The summed E-state index contributed by atoms with van der Waals surface area (Å²) in [5.74, 6) is 1.03. The molecule has 1 aromatic heterocycles. The minimum absolute atomic E-state index is 0.123. The van der Waals surface area contributed by atoms with Gasteiger partial charge >= 0.3 is 5.97 Å². The summed E-state index contributed by atoms with van der Waals surface area (Å²) in [5, 5.41) is 0.966. The number of methoxy groups -OCH3 is 1. The van der Waals surface area contributed by atoms with Crippen LogP contribution in [0.15, 0.2) is 61.0 Å². The van der Waals surface area contributed by atoms with Crippen LogP contribution in [0, 0.1) is 0 Å². The van der Waals surface area contributed by atoms with Crippen molar-refractivity contribution in [3.63, 3.8) is 0 Å². The highest BCUT2D eigenvalue weighted by atomic mass is 16.6. The Bertz CT molecular complexity index is 1240. The summed E-state index contributed by atoms with van der Waals surface area (Å²) in [6.07, 6.45) is 5.21. The molecule has 2 heterocycles. The second-order valence-electron chi connectivity index (χ2n) is 7.11. The van der Waals surface area contributed by atoms with Gasteiger partial charge in [-0.05, 0) is 43.3 Å². The van der Waals surface area contributed by atoms with Crippen LogP contribution >= 0.6 is 0 Å². The number of carbonyl (C=O) groups excluding carboxylic acids is 2. The van der Waals surface area contributed by atoms with E-state index in [1.807, 2.05) is 24.4 Å². The first kappa shape index (κ1) is 21.2. The van der Waals surface area contributed by atoms with Gasteiger partial charge in [0.15, 0.2) is 12.4 Å². The van der Waals surface area contributed by atoms with Crippen molar-refractivity contribution in [3.8, 4) is 17.2 Å². The number of hydrogen-bond acceptors (Lipinski definition) is 6. The number of benzene rings is 2. The van der Waals surface area contributed by atoms with Gasteiger partial charge in [-0.2, -0.15) is 0 Å². The predicted molar refractivity (Wildman–Crippen MR) is 120 cm³/mol. The Balaban J connectivity index is 1.58. The molecule has 0 fully saturated rings. The van der Waals surface area contributed by atoms with Crippen LogP contribution in [0.1, 0.15) is 22.8 Å². The minimum atomic E-state index is -0.509. The Labute approximate surface area is 185 Å². The second-order valence-corrected chi connectivity index (χ2v) is 7.11. The Morgan fingerprint density at radius 3 is 2.75 bits per heavy atom. The molecule has 32 heavy (non-hydrogen) atoms. The fourth-order valence-corrected chi connectivity index (χ4v) is 3.54. The number of aryl methyl sites for hydroxylation is 1. The van der Waals surface area contributed by atoms with Crippen molar-refractivity contribution >= 4 is 28.7 Å². The highest BCUT2D eigenvalue weighted by Gasteiger charge is 2.28. The van der Waals surface area contributed by atoms with E-state index < -0.39 is 5.97 Å². The molecule has 3 aromatic rings. The number of rotatable bonds is 8. The molecule has 7 heteroatoms. The molecule has 1 aliphatic heterocycles. The lowest BCUT2D eigenvalue weighted by atomic mass is 10.1. The SMILES string of the molecule is C=CCOC(=O)COc1ccc2c(c1)O/C(=C\c1cn(CC)c3ccc(OC)cc13)C2=O. The van der Waals surface area contributed by atoms with Crippen LogP contribution < -0.4 is 14.2 Å². The average molecular weight is 433 g/mol. The topological polar surface area (TPSA) is 76.0 Å². The molecule has 7 nitrogen and oxygen atoms in total. The molecule has 0 unspecified atom stereocenters. The van der Waals surface area contributed by atoms with Crippen LogP contribution in [0.25, 0.3) is 17.0 Å². The van der Waals surface area contributed by atoms with E-state index in [9.17, 15) is 9.59 Å². The van der Waals surface area contributed by atoms with E-state index in [4.69, 9.17) is 18.9 Å². The van der Waals surface area contributed by atoms with Gasteiger partial charge in [0, 0.05) is 35.3 Å². The maximum atomic E-state index is 12.9. The van der Waals surface area contributed by atoms with Gasteiger partial charge in [0.25, 0.3) is 0 Å². The number of hydrogen-bond donors (Lipinski definition) is 0. The highest BCUT2D eigenvalue weighted by molar-refractivity contribution is 6.15. The summed E-state index contributed by atoms with van der Waals surface area (Å²) in [5.41, 5.74) is 2.34. The van der Waals surface area contributed by atoms with Crippen LogP contribution in [-0.4, -0.2) is 36.6 Å². The van der Waals surface area contributed by atoms with Gasteiger partial charge in [0.1, 0.15) is 23.9 Å². The Morgan fingerprint density at radius 2 is 2.00 bits per heavy atom. The van der Waals surface area contributed by atoms with Crippen molar-refractivity contribution in [1.29, 1.82) is 0 Å². The standard InChI is InChI=1S/C25H23NO6/c1-4-10-30-24(27)15-31-18-6-8-19-22(13-18)32-23(25(19)28)11-16-14-26(5-2)21-9-7-17(29-3)12-20(16)21/h4,6-9,11-14H,1,5,10,15H2,2-3H3/b23-11-. The third-order valence-electron chi connectivity index (χ3n) is 5.11. The Hall–Kier alpha value is -4.00. The predicted octanol–water partition coefficient (Wildman–Crippen LogP) is 4.39. The molecule has 164 valence electrons. The zero-order valence-electron chi connectivity index (χ0n) is 17.9. The molecule has 0 saturated carbocycles. The van der Waals surface area contributed by atoms with Gasteiger partial charge in [-0.3, -0.25) is 4.79 Å². The largest absolute Gasteiger partial charge is 0.497 e. The number of nitrogens with zero attached hydrogens (tertiary/aromatic N) is 1. The molecule has 0 spiro atoms. The van der Waals surface area contributed by atoms with Crippen LogP contribution in [0.4, 0.5) is 0 Å². The molecule has 0 radical (unpaired) electrons. The summed E-state index contributed by atoms with van der Waals surface area (Å²) >= 11 is 0. The maximum absolute atomic E-state index is 12.9. The van der Waals surface area contributed by atoms with E-state index in [2.05, 4.69) is 18.1 Å². The smallest absolute Gasteiger partial charge is 0.344 e. The zero-order chi connectivity index (χ0) is 22.7. The molecule has 2 aromatic carbocycles. The first-order chi connectivity index (χ1) is 15.5. The Kier molecular flexibility index (Phi) is 5.98. The molecular weight excluding hydrogens is 410 g/mol. The first-order valence-electron chi connectivity index (χ1n) is 10.2. The van der Waals surface area contributed by atoms with Crippen molar-refractivity contribution < 1.29 is 28.5 Å².